The number of hydrogen-bond acceptors (Lipinski definition) is 0. The summed E-state index contributed by atoms with van der Waals surface area (Å²) >= 11 is 0. The van der Waals surface area contributed by atoms with Crippen molar-refractivity contribution in [3.63, 3.8) is 0 Å². The van der Waals surface area contributed by atoms with Crippen LogP contribution >= 0.6 is 0 Å². The maximum absolute atomic E-state index is 2.44. The summed E-state index contributed by atoms with van der Waals surface area (Å²) in [6.45, 7) is 0. The Hall–Kier alpha value is -2.08. The van der Waals surface area contributed by atoms with Gasteiger partial charge in [-0.1, -0.05) is 66.8 Å². The number of hydrogen-bond donors (Lipinski definition) is 0. The van der Waals surface area contributed by atoms with Crippen LogP contribution in [-0.2, 0) is 6.42 Å². The number of benzene rings is 2. The Kier molecular flexibility index (Phi) is 1.99. The molecular formula is C20H16. The van der Waals surface area contributed by atoms with Crippen LogP contribution in [0.4, 0.5) is 0 Å². The van der Waals surface area contributed by atoms with Gasteiger partial charge in [0.1, 0.15) is 0 Å². The maximum atomic E-state index is 2.44. The summed E-state index contributed by atoms with van der Waals surface area (Å²) in [6, 6.07) is 11.4. The smallest absolute Gasteiger partial charge is 0.00991 e. The Morgan fingerprint density at radius 1 is 0.850 bits per heavy atom. The lowest BCUT2D eigenvalue weighted by atomic mass is 9.64. The van der Waals surface area contributed by atoms with Gasteiger partial charge in [-0.25, -0.2) is 0 Å². The largest absolute Gasteiger partial charge is 0.0835 e. The molecule has 0 spiro atoms. The van der Waals surface area contributed by atoms with E-state index in [-0.39, 0.29) is 0 Å². The molecule has 0 aromatic heterocycles. The van der Waals surface area contributed by atoms with Gasteiger partial charge in [0, 0.05) is 11.8 Å². The maximum Gasteiger partial charge on any atom is 0.00991 e. The molecule has 0 heterocycles. The molecule has 0 heteroatoms. The highest BCUT2D eigenvalue weighted by molar-refractivity contribution is 5.93. The van der Waals surface area contributed by atoms with Crippen molar-refractivity contribution in [2.75, 3.05) is 0 Å². The first kappa shape index (κ1) is 10.7. The second-order valence-corrected chi connectivity index (χ2v) is 6.11. The van der Waals surface area contributed by atoms with Gasteiger partial charge in [-0.15, -0.1) is 0 Å². The van der Waals surface area contributed by atoms with Crippen LogP contribution in [0.15, 0.2) is 66.8 Å². The van der Waals surface area contributed by atoms with Crippen molar-refractivity contribution in [1.29, 1.82) is 0 Å². The first-order valence-corrected chi connectivity index (χ1v) is 7.49. The molecule has 0 nitrogen and oxygen atoms in total. The molecule has 3 unspecified atom stereocenters. The summed E-state index contributed by atoms with van der Waals surface area (Å²) in [5.74, 6) is 1.69. The van der Waals surface area contributed by atoms with E-state index in [0.29, 0.717) is 17.8 Å². The zero-order chi connectivity index (χ0) is 13.1. The summed E-state index contributed by atoms with van der Waals surface area (Å²) < 4.78 is 0. The van der Waals surface area contributed by atoms with Crippen LogP contribution in [0.25, 0.3) is 10.8 Å². The second-order valence-electron chi connectivity index (χ2n) is 6.11. The molecule has 3 atom stereocenters. The highest BCUT2D eigenvalue weighted by atomic mass is 14.4. The molecule has 0 radical (unpaired) electrons. The Morgan fingerprint density at radius 3 is 2.80 bits per heavy atom. The van der Waals surface area contributed by atoms with Gasteiger partial charge in [0.2, 0.25) is 0 Å². The van der Waals surface area contributed by atoms with Gasteiger partial charge in [-0.05, 0) is 39.8 Å². The lowest BCUT2D eigenvalue weighted by Crippen LogP contribution is -2.25. The van der Waals surface area contributed by atoms with Crippen molar-refractivity contribution >= 4 is 10.8 Å². The Morgan fingerprint density at radius 2 is 1.80 bits per heavy atom. The summed E-state index contributed by atoms with van der Waals surface area (Å²) in [4.78, 5) is 0. The molecule has 2 aromatic carbocycles. The monoisotopic (exact) mass is 256 g/mol. The SMILES string of the molecule is C1=CC2c3cccc4ccc5c(c34)C(C=CC5)C2C=C1. The van der Waals surface area contributed by atoms with Crippen LogP contribution in [0.2, 0.25) is 0 Å². The highest BCUT2D eigenvalue weighted by Gasteiger charge is 2.36. The van der Waals surface area contributed by atoms with Crippen molar-refractivity contribution in [2.24, 2.45) is 5.92 Å². The molecule has 5 rings (SSSR count). The molecule has 0 saturated heterocycles. The van der Waals surface area contributed by atoms with Crippen LogP contribution in [0.3, 0.4) is 0 Å². The van der Waals surface area contributed by atoms with Gasteiger partial charge < -0.3 is 0 Å². The molecule has 0 amide bonds. The highest BCUT2D eigenvalue weighted by Crippen LogP contribution is 2.51. The first-order chi connectivity index (χ1) is 9.93. The predicted octanol–water partition coefficient (Wildman–Crippen LogP) is 4.88. The van der Waals surface area contributed by atoms with Crippen LogP contribution in [0, 0.1) is 5.92 Å². The lowest BCUT2D eigenvalue weighted by molar-refractivity contribution is 0.509. The fourth-order valence-electron chi connectivity index (χ4n) is 4.35. The Labute approximate surface area is 119 Å². The van der Waals surface area contributed by atoms with E-state index in [1.807, 2.05) is 0 Å². The van der Waals surface area contributed by atoms with E-state index < -0.39 is 0 Å². The minimum Gasteiger partial charge on any atom is -0.0835 e. The van der Waals surface area contributed by atoms with E-state index in [9.17, 15) is 0 Å². The summed E-state index contributed by atoms with van der Waals surface area (Å²) in [5.41, 5.74) is 4.65. The normalized spacial score (nSPS) is 28.7. The van der Waals surface area contributed by atoms with E-state index in [1.54, 1.807) is 5.56 Å². The summed E-state index contributed by atoms with van der Waals surface area (Å²) in [6.07, 6.45) is 15.1. The molecule has 0 saturated carbocycles. The Balaban J connectivity index is 1.95. The van der Waals surface area contributed by atoms with Gasteiger partial charge in [0.05, 0.1) is 0 Å². The second kappa shape index (κ2) is 3.73. The van der Waals surface area contributed by atoms with Crippen molar-refractivity contribution < 1.29 is 0 Å². The summed E-state index contributed by atoms with van der Waals surface area (Å²) in [7, 11) is 0. The van der Waals surface area contributed by atoms with Crippen molar-refractivity contribution in [1.82, 2.24) is 0 Å². The van der Waals surface area contributed by atoms with Crippen LogP contribution in [0.1, 0.15) is 28.5 Å². The minimum atomic E-state index is 0.541. The average molecular weight is 256 g/mol. The first-order valence-electron chi connectivity index (χ1n) is 7.49. The lowest BCUT2D eigenvalue weighted by Gasteiger charge is -2.39. The molecule has 3 aliphatic carbocycles. The topological polar surface area (TPSA) is 0 Å². The predicted molar refractivity (Wildman–Crippen MR) is 84.0 cm³/mol. The van der Waals surface area contributed by atoms with Crippen LogP contribution in [0.5, 0.6) is 0 Å². The van der Waals surface area contributed by atoms with E-state index in [0.717, 1.165) is 6.42 Å². The Bertz CT molecular complexity index is 804. The molecule has 2 aromatic rings. The number of allylic oxidation sites excluding steroid dienone is 6. The van der Waals surface area contributed by atoms with Gasteiger partial charge in [0.15, 0.2) is 0 Å². The van der Waals surface area contributed by atoms with Gasteiger partial charge in [0.25, 0.3) is 0 Å². The zero-order valence-corrected chi connectivity index (χ0v) is 11.3. The van der Waals surface area contributed by atoms with Gasteiger partial charge >= 0.3 is 0 Å². The van der Waals surface area contributed by atoms with Crippen molar-refractivity contribution in [3.8, 4) is 0 Å². The molecule has 0 fully saturated rings. The van der Waals surface area contributed by atoms with E-state index in [1.165, 1.54) is 21.9 Å². The van der Waals surface area contributed by atoms with Crippen molar-refractivity contribution in [2.45, 2.75) is 18.3 Å². The quantitative estimate of drug-likeness (QED) is 0.590. The third kappa shape index (κ3) is 1.22. The zero-order valence-electron chi connectivity index (χ0n) is 11.3. The fourth-order valence-corrected chi connectivity index (χ4v) is 4.35. The minimum absolute atomic E-state index is 0.541. The molecule has 0 N–H and O–H groups in total. The van der Waals surface area contributed by atoms with E-state index in [2.05, 4.69) is 66.8 Å². The molecule has 96 valence electrons. The third-order valence-corrected chi connectivity index (χ3v) is 5.17. The number of rotatable bonds is 0. The molecule has 20 heavy (non-hydrogen) atoms. The van der Waals surface area contributed by atoms with Gasteiger partial charge in [-0.2, -0.15) is 0 Å². The fraction of sp³-hybridized carbons (Fsp3) is 0.200. The molecule has 0 aliphatic heterocycles. The van der Waals surface area contributed by atoms with E-state index in [4.69, 9.17) is 0 Å². The van der Waals surface area contributed by atoms with E-state index >= 15 is 0 Å². The van der Waals surface area contributed by atoms with Crippen LogP contribution in [-0.4, -0.2) is 0 Å². The molecular weight excluding hydrogens is 240 g/mol. The average Bonchev–Trinajstić information content (AvgIpc) is 2.53. The van der Waals surface area contributed by atoms with Crippen LogP contribution < -0.4 is 0 Å². The molecule has 3 aliphatic rings. The van der Waals surface area contributed by atoms with Crippen molar-refractivity contribution in [3.05, 3.63) is 83.5 Å². The number of fused-ring (bicyclic) bond motifs is 3. The molecule has 0 bridgehead atoms. The van der Waals surface area contributed by atoms with Gasteiger partial charge in [-0.3, -0.25) is 0 Å². The summed E-state index contributed by atoms with van der Waals surface area (Å²) in [5, 5.41) is 2.93. The third-order valence-electron chi connectivity index (χ3n) is 5.17. The standard InChI is InChI=1S/C20H16/c1-2-8-16-15(7-1)17-9-3-5-13-11-12-14-6-4-10-18(16)20(14)19(13)17/h1-5,7-12,15-16,18H,6H2.